The van der Waals surface area contributed by atoms with Crippen LogP contribution in [0.4, 0.5) is 0 Å². The van der Waals surface area contributed by atoms with Gasteiger partial charge in [0.05, 0.1) is 11.8 Å². The van der Waals surface area contributed by atoms with E-state index in [2.05, 4.69) is 10.3 Å². The Morgan fingerprint density at radius 2 is 2.38 bits per heavy atom. The maximum Gasteiger partial charge on any atom is 0.172 e. The van der Waals surface area contributed by atoms with Gasteiger partial charge in [0, 0.05) is 13.7 Å². The number of aromatic nitrogens is 3. The topological polar surface area (TPSA) is 57.0 Å². The third kappa shape index (κ3) is 2.29. The van der Waals surface area contributed by atoms with Crippen LogP contribution in [0.25, 0.3) is 0 Å². The van der Waals surface area contributed by atoms with Crippen molar-refractivity contribution in [3.8, 4) is 0 Å². The quantitative estimate of drug-likeness (QED) is 0.687. The van der Waals surface area contributed by atoms with Crippen molar-refractivity contribution in [2.45, 2.75) is 38.8 Å². The molecule has 0 N–H and O–H groups in total. The molecule has 0 bridgehead atoms. The summed E-state index contributed by atoms with van der Waals surface area (Å²) in [6.45, 7) is 2.73. The summed E-state index contributed by atoms with van der Waals surface area (Å²) >= 11 is 0. The van der Waals surface area contributed by atoms with Crippen molar-refractivity contribution in [3.05, 3.63) is 11.4 Å². The second-order valence-corrected chi connectivity index (χ2v) is 4.31. The van der Waals surface area contributed by atoms with Gasteiger partial charge in [0.15, 0.2) is 12.0 Å². The van der Waals surface area contributed by atoms with Gasteiger partial charge in [-0.3, -0.25) is 4.79 Å². The molecule has 1 aliphatic carbocycles. The number of hydrogen-bond acceptors (Lipinski definition) is 4. The normalized spacial score (nSPS) is 17.4. The Balaban J connectivity index is 2.14. The van der Waals surface area contributed by atoms with Crippen LogP contribution in [-0.4, -0.2) is 28.4 Å². The van der Waals surface area contributed by atoms with Crippen LogP contribution < -0.4 is 0 Å². The number of aldehydes is 1. The minimum atomic E-state index is -0.144. The number of carbonyl (C=O) groups excluding carboxylic acids is 1. The van der Waals surface area contributed by atoms with Crippen LogP contribution in [0.15, 0.2) is 0 Å². The lowest BCUT2D eigenvalue weighted by Gasteiger charge is -2.12. The zero-order valence-electron chi connectivity index (χ0n) is 9.72. The fraction of sp³-hybridized carbons (Fsp3) is 0.727. The SMILES string of the molecule is COC(C)c1c(C=O)nnn1CCC1CC1. The van der Waals surface area contributed by atoms with E-state index >= 15 is 0 Å². The van der Waals surface area contributed by atoms with Gasteiger partial charge in [0.25, 0.3) is 0 Å². The number of aryl methyl sites for hydroxylation is 1. The molecule has 0 aromatic carbocycles. The molecule has 1 aromatic heterocycles. The minimum Gasteiger partial charge on any atom is -0.375 e. The summed E-state index contributed by atoms with van der Waals surface area (Å²) in [6.07, 6.45) is 4.36. The predicted molar refractivity (Wildman–Crippen MR) is 58.2 cm³/mol. The maximum atomic E-state index is 10.8. The molecule has 1 atom stereocenters. The predicted octanol–water partition coefficient (Wildman–Crippen LogP) is 1.60. The van der Waals surface area contributed by atoms with Gasteiger partial charge in [-0.15, -0.1) is 5.10 Å². The smallest absolute Gasteiger partial charge is 0.172 e. The lowest BCUT2D eigenvalue weighted by molar-refractivity contribution is 0.104. The molecule has 1 aliphatic rings. The number of nitrogens with zero attached hydrogens (tertiary/aromatic N) is 3. The van der Waals surface area contributed by atoms with E-state index in [-0.39, 0.29) is 6.10 Å². The first-order valence-electron chi connectivity index (χ1n) is 5.67. The van der Waals surface area contributed by atoms with E-state index in [9.17, 15) is 4.79 Å². The highest BCUT2D eigenvalue weighted by molar-refractivity contribution is 5.73. The minimum absolute atomic E-state index is 0.144. The standard InChI is InChI=1S/C11H17N3O2/c1-8(16-2)11-10(7-15)12-13-14(11)6-5-9-3-4-9/h7-9H,3-6H2,1-2H3. The molecule has 1 fully saturated rings. The van der Waals surface area contributed by atoms with E-state index in [0.717, 1.165) is 30.9 Å². The van der Waals surface area contributed by atoms with Gasteiger partial charge in [0.2, 0.25) is 0 Å². The Hall–Kier alpha value is -1.23. The average Bonchev–Trinajstić information content (AvgIpc) is 3.04. The summed E-state index contributed by atoms with van der Waals surface area (Å²) in [5.74, 6) is 0.842. The first-order chi connectivity index (χ1) is 7.76. The molecule has 1 aromatic rings. The molecule has 1 heterocycles. The molecule has 88 valence electrons. The van der Waals surface area contributed by atoms with Gasteiger partial charge in [-0.05, 0) is 19.3 Å². The Bertz CT molecular complexity index is 371. The number of hydrogen-bond donors (Lipinski definition) is 0. The van der Waals surface area contributed by atoms with Crippen LogP contribution in [0.1, 0.15) is 48.5 Å². The molecule has 0 spiro atoms. The van der Waals surface area contributed by atoms with Gasteiger partial charge in [-0.25, -0.2) is 4.68 Å². The van der Waals surface area contributed by atoms with Crippen LogP contribution in [0.3, 0.4) is 0 Å². The third-order valence-electron chi connectivity index (χ3n) is 3.10. The largest absolute Gasteiger partial charge is 0.375 e. The molecule has 0 amide bonds. The van der Waals surface area contributed by atoms with E-state index < -0.39 is 0 Å². The van der Waals surface area contributed by atoms with E-state index in [1.807, 2.05) is 6.92 Å². The second-order valence-electron chi connectivity index (χ2n) is 4.31. The Morgan fingerprint density at radius 3 is 2.94 bits per heavy atom. The van der Waals surface area contributed by atoms with E-state index in [0.29, 0.717) is 5.69 Å². The lowest BCUT2D eigenvalue weighted by Crippen LogP contribution is -2.11. The highest BCUT2D eigenvalue weighted by Crippen LogP contribution is 2.33. The fourth-order valence-electron chi connectivity index (χ4n) is 1.82. The number of ether oxygens (including phenoxy) is 1. The molecule has 1 saturated carbocycles. The van der Waals surface area contributed by atoms with Crippen LogP contribution in [-0.2, 0) is 11.3 Å². The molecular weight excluding hydrogens is 206 g/mol. The fourth-order valence-corrected chi connectivity index (χ4v) is 1.82. The Labute approximate surface area is 94.8 Å². The Kier molecular flexibility index (Phi) is 3.33. The molecular formula is C11H17N3O2. The molecule has 5 heteroatoms. The van der Waals surface area contributed by atoms with E-state index in [1.165, 1.54) is 12.8 Å². The molecule has 5 nitrogen and oxygen atoms in total. The summed E-state index contributed by atoms with van der Waals surface area (Å²) in [5, 5.41) is 7.88. The van der Waals surface area contributed by atoms with Crippen LogP contribution >= 0.6 is 0 Å². The summed E-state index contributed by atoms with van der Waals surface area (Å²) < 4.78 is 7.04. The first-order valence-corrected chi connectivity index (χ1v) is 5.67. The summed E-state index contributed by atoms with van der Waals surface area (Å²) in [4.78, 5) is 10.8. The molecule has 0 aliphatic heterocycles. The summed E-state index contributed by atoms with van der Waals surface area (Å²) in [5.41, 5.74) is 1.18. The van der Waals surface area contributed by atoms with E-state index in [1.54, 1.807) is 11.8 Å². The van der Waals surface area contributed by atoms with Crippen LogP contribution in [0.5, 0.6) is 0 Å². The van der Waals surface area contributed by atoms with Crippen LogP contribution in [0.2, 0.25) is 0 Å². The van der Waals surface area contributed by atoms with Crippen molar-refractivity contribution < 1.29 is 9.53 Å². The zero-order chi connectivity index (χ0) is 11.5. The zero-order valence-corrected chi connectivity index (χ0v) is 9.72. The van der Waals surface area contributed by atoms with Crippen molar-refractivity contribution in [2.24, 2.45) is 5.92 Å². The summed E-state index contributed by atoms with van der Waals surface area (Å²) in [7, 11) is 1.62. The maximum absolute atomic E-state index is 10.8. The molecule has 2 rings (SSSR count). The van der Waals surface area contributed by atoms with Gasteiger partial charge in [0.1, 0.15) is 0 Å². The molecule has 16 heavy (non-hydrogen) atoms. The van der Waals surface area contributed by atoms with Crippen molar-refractivity contribution in [1.29, 1.82) is 0 Å². The monoisotopic (exact) mass is 223 g/mol. The Morgan fingerprint density at radius 1 is 1.62 bits per heavy atom. The van der Waals surface area contributed by atoms with E-state index in [4.69, 9.17) is 4.74 Å². The molecule has 1 unspecified atom stereocenters. The average molecular weight is 223 g/mol. The van der Waals surface area contributed by atoms with Gasteiger partial charge in [-0.1, -0.05) is 18.1 Å². The molecule has 0 radical (unpaired) electrons. The van der Waals surface area contributed by atoms with Crippen molar-refractivity contribution >= 4 is 6.29 Å². The highest BCUT2D eigenvalue weighted by Gasteiger charge is 2.23. The van der Waals surface area contributed by atoms with Crippen molar-refractivity contribution in [1.82, 2.24) is 15.0 Å². The third-order valence-corrected chi connectivity index (χ3v) is 3.10. The molecule has 0 saturated heterocycles. The number of rotatable bonds is 6. The summed E-state index contributed by atoms with van der Waals surface area (Å²) in [6, 6.07) is 0. The van der Waals surface area contributed by atoms with Gasteiger partial charge >= 0.3 is 0 Å². The van der Waals surface area contributed by atoms with Crippen molar-refractivity contribution in [2.75, 3.05) is 7.11 Å². The van der Waals surface area contributed by atoms with Gasteiger partial charge < -0.3 is 4.74 Å². The lowest BCUT2D eigenvalue weighted by atomic mass is 10.2. The van der Waals surface area contributed by atoms with Gasteiger partial charge in [-0.2, -0.15) is 0 Å². The highest BCUT2D eigenvalue weighted by atomic mass is 16.5. The van der Waals surface area contributed by atoms with Crippen LogP contribution in [0, 0.1) is 5.92 Å². The first kappa shape index (κ1) is 11.3. The number of methoxy groups -OCH3 is 1. The second kappa shape index (κ2) is 4.74. The van der Waals surface area contributed by atoms with Crippen molar-refractivity contribution in [3.63, 3.8) is 0 Å². The number of carbonyl (C=O) groups is 1.